The fraction of sp³-hybridized carbons (Fsp3) is 0.333. The van der Waals surface area contributed by atoms with Gasteiger partial charge in [0.2, 0.25) is 0 Å². The maximum absolute atomic E-state index is 13.5. The number of methoxy groups -OCH3 is 1. The van der Waals surface area contributed by atoms with E-state index >= 15 is 0 Å². The smallest absolute Gasteiger partial charge is 0.255 e. The summed E-state index contributed by atoms with van der Waals surface area (Å²) in [5.41, 5.74) is 12.5. The molecule has 12 heteroatoms. The normalized spacial score (nSPS) is 15.5. The molecule has 3 heterocycles. The molecule has 1 aromatic heterocycles. The summed E-state index contributed by atoms with van der Waals surface area (Å²) in [6.07, 6.45) is 5.39. The number of anilines is 3. The molecule has 10 nitrogen and oxygen atoms in total. The van der Waals surface area contributed by atoms with Crippen molar-refractivity contribution in [3.63, 3.8) is 0 Å². The minimum atomic E-state index is -1.32. The number of carbonyl (C=O) groups excluding carboxylic acids is 1. The number of ether oxygens (including phenoxy) is 1. The third-order valence-corrected chi connectivity index (χ3v) is 8.08. The number of fused-ring (bicyclic) bond motifs is 1. The fourth-order valence-electron chi connectivity index (χ4n) is 4.52. The second-order valence-corrected chi connectivity index (χ2v) is 12.6. The van der Waals surface area contributed by atoms with E-state index in [0.29, 0.717) is 22.7 Å². The number of thioether (sulfide) groups is 1. The first-order valence-corrected chi connectivity index (χ1v) is 15.1. The number of benzene rings is 2. The predicted molar refractivity (Wildman–Crippen MR) is 158 cm³/mol. The van der Waals surface area contributed by atoms with Crippen LogP contribution < -0.4 is 30.7 Å². The molecule has 0 radical (unpaired) electrons. The molecule has 39 heavy (non-hydrogen) atoms. The molecule has 1 atom stereocenters. The zero-order chi connectivity index (χ0) is 27.9. The van der Waals surface area contributed by atoms with Crippen LogP contribution in [0.2, 0.25) is 0 Å². The van der Waals surface area contributed by atoms with Gasteiger partial charge in [-0.15, -0.1) is 5.53 Å². The quantitative estimate of drug-likeness (QED) is 0.308. The standard InChI is InChI=1S/C27H33N7O3S2/c1-16-7-8-17(11-22(16)34-15-21(30-32-34)23-14-28-26-33(23)9-10-38-26)25(35)29-19-12-18(27(2,3)4)13-20(24(19)37-5)31-39(6)36/h7-8,11-15,30-32H,9-10H2,1-6H3,(H,29,35). The van der Waals surface area contributed by atoms with Crippen molar-refractivity contribution in [1.82, 2.24) is 20.5 Å². The summed E-state index contributed by atoms with van der Waals surface area (Å²) in [5.74, 6) is 1.16. The summed E-state index contributed by atoms with van der Waals surface area (Å²) in [5, 5.41) is 5.90. The van der Waals surface area contributed by atoms with Crippen molar-refractivity contribution in [3.05, 3.63) is 65.1 Å². The third kappa shape index (κ3) is 5.55. The number of aryl methyl sites for hydroxylation is 1. The lowest BCUT2D eigenvalue weighted by Crippen LogP contribution is -2.36. The molecule has 0 saturated carbocycles. The Kier molecular flexibility index (Phi) is 7.47. The average molecular weight is 568 g/mol. The number of hydrogen-bond acceptors (Lipinski definition) is 9. The molecular weight excluding hydrogens is 534 g/mol. The van der Waals surface area contributed by atoms with E-state index in [4.69, 9.17) is 4.74 Å². The Morgan fingerprint density at radius 3 is 2.72 bits per heavy atom. The lowest BCUT2D eigenvalue weighted by Gasteiger charge is -2.24. The summed E-state index contributed by atoms with van der Waals surface area (Å²) in [6.45, 7) is 9.16. The van der Waals surface area contributed by atoms with E-state index in [-0.39, 0.29) is 11.3 Å². The van der Waals surface area contributed by atoms with Crippen molar-refractivity contribution >= 4 is 51.8 Å². The van der Waals surface area contributed by atoms with Gasteiger partial charge < -0.3 is 19.2 Å². The van der Waals surface area contributed by atoms with Gasteiger partial charge in [0.25, 0.3) is 5.91 Å². The van der Waals surface area contributed by atoms with Crippen LogP contribution in [0.15, 0.2) is 47.9 Å². The summed E-state index contributed by atoms with van der Waals surface area (Å²) < 4.78 is 22.7. The molecule has 2 aliphatic heterocycles. The van der Waals surface area contributed by atoms with Crippen molar-refractivity contribution in [2.75, 3.05) is 34.2 Å². The van der Waals surface area contributed by atoms with Crippen molar-refractivity contribution in [1.29, 1.82) is 0 Å². The lowest BCUT2D eigenvalue weighted by molar-refractivity contribution is 0.102. The third-order valence-electron chi connectivity index (χ3n) is 6.60. The largest absolute Gasteiger partial charge is 0.593 e. The van der Waals surface area contributed by atoms with Gasteiger partial charge in [0, 0.05) is 17.9 Å². The fourth-order valence-corrected chi connectivity index (χ4v) is 5.91. The van der Waals surface area contributed by atoms with Gasteiger partial charge in [-0.2, -0.15) is 0 Å². The van der Waals surface area contributed by atoms with Crippen LogP contribution in [0.5, 0.6) is 5.75 Å². The van der Waals surface area contributed by atoms with Gasteiger partial charge in [-0.3, -0.25) is 15.2 Å². The topological polar surface area (TPSA) is 119 Å². The summed E-state index contributed by atoms with van der Waals surface area (Å²) in [6, 6.07) is 9.36. The highest BCUT2D eigenvalue weighted by Crippen LogP contribution is 2.39. The zero-order valence-corrected chi connectivity index (χ0v) is 24.5. The van der Waals surface area contributed by atoms with Gasteiger partial charge in [-0.1, -0.05) is 38.6 Å². The van der Waals surface area contributed by atoms with E-state index in [1.807, 2.05) is 48.6 Å². The molecule has 0 bridgehead atoms. The monoisotopic (exact) mass is 567 g/mol. The highest BCUT2D eigenvalue weighted by atomic mass is 32.2. The molecule has 0 spiro atoms. The lowest BCUT2D eigenvalue weighted by atomic mass is 9.86. The van der Waals surface area contributed by atoms with Crippen molar-refractivity contribution in [3.8, 4) is 5.75 Å². The van der Waals surface area contributed by atoms with Crippen LogP contribution >= 0.6 is 11.8 Å². The Morgan fingerprint density at radius 2 is 2.00 bits per heavy atom. The van der Waals surface area contributed by atoms with Crippen molar-refractivity contribution in [2.24, 2.45) is 0 Å². The first-order chi connectivity index (χ1) is 18.5. The summed E-state index contributed by atoms with van der Waals surface area (Å²) >= 11 is 0.436. The highest BCUT2D eigenvalue weighted by Gasteiger charge is 2.25. The molecule has 206 valence electrons. The molecule has 3 aromatic rings. The minimum absolute atomic E-state index is 0.207. The molecule has 4 N–H and O–H groups in total. The first-order valence-electron chi connectivity index (χ1n) is 12.5. The Labute approximate surface area is 235 Å². The molecule has 2 aliphatic rings. The van der Waals surface area contributed by atoms with E-state index < -0.39 is 11.4 Å². The van der Waals surface area contributed by atoms with Crippen LogP contribution in [-0.2, 0) is 23.3 Å². The van der Waals surface area contributed by atoms with Crippen LogP contribution in [0.1, 0.15) is 48.0 Å². The number of nitrogens with one attached hydrogen (secondary N) is 4. The molecule has 0 fully saturated rings. The highest BCUT2D eigenvalue weighted by molar-refractivity contribution is 7.99. The Morgan fingerprint density at radius 1 is 1.23 bits per heavy atom. The van der Waals surface area contributed by atoms with Crippen LogP contribution in [0.4, 0.5) is 17.1 Å². The molecule has 0 saturated heterocycles. The van der Waals surface area contributed by atoms with E-state index in [9.17, 15) is 9.35 Å². The zero-order valence-electron chi connectivity index (χ0n) is 22.8. The number of nitrogens with zero attached hydrogens (tertiary/aromatic N) is 3. The van der Waals surface area contributed by atoms with E-state index in [1.54, 1.807) is 24.1 Å². The van der Waals surface area contributed by atoms with Crippen LogP contribution in [-0.4, -0.2) is 39.1 Å². The van der Waals surface area contributed by atoms with E-state index in [2.05, 4.69) is 51.3 Å². The molecule has 1 amide bonds. The number of hydrazine groups is 2. The van der Waals surface area contributed by atoms with E-state index in [0.717, 1.165) is 45.7 Å². The molecular formula is C27H33N7O3S2. The summed E-state index contributed by atoms with van der Waals surface area (Å²) in [4.78, 5) is 18.0. The van der Waals surface area contributed by atoms with Crippen LogP contribution in [0.3, 0.4) is 0 Å². The Balaban J connectivity index is 1.43. The number of hydrogen-bond donors (Lipinski definition) is 4. The predicted octanol–water partition coefficient (Wildman–Crippen LogP) is 4.39. The van der Waals surface area contributed by atoms with Crippen molar-refractivity contribution < 1.29 is 14.1 Å². The summed E-state index contributed by atoms with van der Waals surface area (Å²) in [7, 11) is 1.53. The van der Waals surface area contributed by atoms with Crippen LogP contribution in [0.25, 0.3) is 5.70 Å². The molecule has 1 unspecified atom stereocenters. The van der Waals surface area contributed by atoms with E-state index in [1.165, 1.54) is 7.11 Å². The van der Waals surface area contributed by atoms with Gasteiger partial charge in [-0.25, -0.2) is 9.71 Å². The van der Waals surface area contributed by atoms with Gasteiger partial charge >= 0.3 is 0 Å². The number of aromatic nitrogens is 2. The number of carbonyl (C=O) groups is 1. The van der Waals surface area contributed by atoms with Crippen LogP contribution in [0, 0.1) is 6.92 Å². The first kappa shape index (κ1) is 27.3. The number of rotatable bonds is 7. The minimum Gasteiger partial charge on any atom is -0.593 e. The second kappa shape index (κ2) is 10.7. The SMILES string of the molecule is COc1c(NC(=O)c2ccc(C)c(N3C=C(c4cnc5n4CCS5)NN3)c2)cc(C(C)(C)C)cc1N[S+](C)[O-]. The molecule has 0 aliphatic carbocycles. The van der Waals surface area contributed by atoms with Gasteiger partial charge in [0.15, 0.2) is 10.9 Å². The Hall–Kier alpha value is -3.32. The van der Waals surface area contributed by atoms with Gasteiger partial charge in [0.05, 0.1) is 53.6 Å². The van der Waals surface area contributed by atoms with Crippen molar-refractivity contribution in [2.45, 2.75) is 44.8 Å². The molecule has 5 rings (SSSR count). The number of amides is 1. The maximum Gasteiger partial charge on any atom is 0.255 e. The molecule has 2 aromatic carbocycles. The number of imidazole rings is 1. The van der Waals surface area contributed by atoms with Gasteiger partial charge in [-0.05, 0) is 47.7 Å². The Bertz CT molecular complexity index is 1450. The average Bonchev–Trinajstić information content (AvgIpc) is 3.61. The van der Waals surface area contributed by atoms with Gasteiger partial charge in [0.1, 0.15) is 11.9 Å². The second-order valence-electron chi connectivity index (χ2n) is 10.4. The maximum atomic E-state index is 13.5.